The van der Waals surface area contributed by atoms with E-state index >= 15 is 0 Å². The number of carbonyl (C=O) groups excluding carboxylic acids is 1. The van der Waals surface area contributed by atoms with Crippen LogP contribution in [0.5, 0.6) is 5.75 Å². The molecule has 0 saturated heterocycles. The summed E-state index contributed by atoms with van der Waals surface area (Å²) in [6.07, 6.45) is 1.04. The van der Waals surface area contributed by atoms with Gasteiger partial charge in [-0.15, -0.1) is 0 Å². The first kappa shape index (κ1) is 17.5. The molecule has 0 aliphatic heterocycles. The van der Waals surface area contributed by atoms with E-state index in [0.717, 1.165) is 17.7 Å². The van der Waals surface area contributed by atoms with E-state index in [4.69, 9.17) is 9.47 Å². The Labute approximate surface area is 127 Å². The van der Waals surface area contributed by atoms with Crippen LogP contribution in [0.2, 0.25) is 0 Å². The van der Waals surface area contributed by atoms with E-state index in [1.165, 1.54) is 0 Å². The van der Waals surface area contributed by atoms with Crippen molar-refractivity contribution in [2.24, 2.45) is 0 Å². The first-order valence-corrected chi connectivity index (χ1v) is 7.43. The molecular formula is C17H27NO3. The minimum Gasteiger partial charge on any atom is -0.496 e. The molecule has 0 radical (unpaired) electrons. The SMILES string of the molecule is COc1ccccc1C(C)(C)C(=O)NCCCOC(C)C. The average molecular weight is 293 g/mol. The van der Waals surface area contributed by atoms with Crippen molar-refractivity contribution in [1.29, 1.82) is 0 Å². The van der Waals surface area contributed by atoms with E-state index in [-0.39, 0.29) is 12.0 Å². The fraction of sp³-hybridized carbons (Fsp3) is 0.588. The van der Waals surface area contributed by atoms with E-state index in [9.17, 15) is 4.79 Å². The van der Waals surface area contributed by atoms with E-state index in [1.54, 1.807) is 7.11 Å². The van der Waals surface area contributed by atoms with Crippen LogP contribution in [0.15, 0.2) is 24.3 Å². The molecule has 0 fully saturated rings. The topological polar surface area (TPSA) is 47.6 Å². The minimum atomic E-state index is -0.633. The van der Waals surface area contributed by atoms with Crippen molar-refractivity contribution in [3.63, 3.8) is 0 Å². The fourth-order valence-electron chi connectivity index (χ4n) is 2.10. The van der Waals surface area contributed by atoms with Gasteiger partial charge in [0.2, 0.25) is 5.91 Å². The van der Waals surface area contributed by atoms with Crippen molar-refractivity contribution in [3.8, 4) is 5.75 Å². The molecule has 0 bridgehead atoms. The summed E-state index contributed by atoms with van der Waals surface area (Å²) in [5, 5.41) is 2.97. The molecule has 0 heterocycles. The van der Waals surface area contributed by atoms with Gasteiger partial charge in [0, 0.05) is 18.7 Å². The van der Waals surface area contributed by atoms with Crippen LogP contribution in [0.3, 0.4) is 0 Å². The molecule has 1 amide bonds. The van der Waals surface area contributed by atoms with Gasteiger partial charge in [-0.2, -0.15) is 0 Å². The van der Waals surface area contributed by atoms with Crippen molar-refractivity contribution >= 4 is 5.91 Å². The zero-order valence-corrected chi connectivity index (χ0v) is 13.7. The van der Waals surface area contributed by atoms with Crippen LogP contribution in [-0.4, -0.2) is 32.3 Å². The fourth-order valence-corrected chi connectivity index (χ4v) is 2.10. The third-order valence-corrected chi connectivity index (χ3v) is 3.41. The largest absolute Gasteiger partial charge is 0.496 e. The van der Waals surface area contributed by atoms with Crippen molar-refractivity contribution in [2.75, 3.05) is 20.3 Å². The van der Waals surface area contributed by atoms with E-state index in [1.807, 2.05) is 52.0 Å². The number of amides is 1. The lowest BCUT2D eigenvalue weighted by Crippen LogP contribution is -2.41. The number of hydrogen-bond acceptors (Lipinski definition) is 3. The molecule has 0 aliphatic rings. The maximum absolute atomic E-state index is 12.4. The lowest BCUT2D eigenvalue weighted by atomic mass is 9.83. The number of benzene rings is 1. The number of para-hydroxylation sites is 1. The highest BCUT2D eigenvalue weighted by atomic mass is 16.5. The molecule has 21 heavy (non-hydrogen) atoms. The molecule has 4 heteroatoms. The predicted octanol–water partition coefficient (Wildman–Crippen LogP) is 2.90. The standard InChI is InChI=1S/C17H27NO3/c1-13(2)21-12-8-11-18-16(19)17(3,4)14-9-6-7-10-15(14)20-5/h6-7,9-10,13H,8,11-12H2,1-5H3,(H,18,19). The van der Waals surface area contributed by atoms with Crippen LogP contribution in [-0.2, 0) is 14.9 Å². The van der Waals surface area contributed by atoms with Crippen molar-refractivity contribution < 1.29 is 14.3 Å². The molecule has 0 aromatic heterocycles. The van der Waals surface area contributed by atoms with E-state index < -0.39 is 5.41 Å². The van der Waals surface area contributed by atoms with E-state index in [2.05, 4.69) is 5.32 Å². The van der Waals surface area contributed by atoms with Crippen LogP contribution < -0.4 is 10.1 Å². The zero-order chi connectivity index (χ0) is 15.9. The maximum atomic E-state index is 12.4. The molecule has 0 aliphatic carbocycles. The lowest BCUT2D eigenvalue weighted by Gasteiger charge is -2.26. The van der Waals surface area contributed by atoms with Crippen LogP contribution in [0.25, 0.3) is 0 Å². The Bertz CT molecular complexity index is 455. The summed E-state index contributed by atoms with van der Waals surface area (Å²) in [5.74, 6) is 0.734. The monoisotopic (exact) mass is 293 g/mol. The highest BCUT2D eigenvalue weighted by Gasteiger charge is 2.32. The molecule has 0 unspecified atom stereocenters. The summed E-state index contributed by atoms with van der Waals surface area (Å²) in [4.78, 5) is 12.4. The number of rotatable bonds is 8. The van der Waals surface area contributed by atoms with Crippen molar-refractivity contribution in [1.82, 2.24) is 5.32 Å². The Morgan fingerprint density at radius 2 is 1.95 bits per heavy atom. The van der Waals surface area contributed by atoms with Gasteiger partial charge >= 0.3 is 0 Å². The Balaban J connectivity index is 2.59. The molecule has 0 saturated carbocycles. The third-order valence-electron chi connectivity index (χ3n) is 3.41. The van der Waals surface area contributed by atoms with Crippen molar-refractivity contribution in [3.05, 3.63) is 29.8 Å². The normalized spacial score (nSPS) is 11.5. The van der Waals surface area contributed by atoms with Gasteiger partial charge in [0.1, 0.15) is 5.75 Å². The van der Waals surface area contributed by atoms with Gasteiger partial charge in [-0.05, 0) is 40.2 Å². The number of carbonyl (C=O) groups is 1. The molecule has 1 rings (SSSR count). The Morgan fingerprint density at radius 1 is 1.29 bits per heavy atom. The molecule has 1 N–H and O–H groups in total. The second-order valence-corrected chi connectivity index (χ2v) is 5.85. The van der Waals surface area contributed by atoms with E-state index in [0.29, 0.717) is 13.2 Å². The third kappa shape index (κ3) is 5.05. The predicted molar refractivity (Wildman–Crippen MR) is 84.7 cm³/mol. The summed E-state index contributed by atoms with van der Waals surface area (Å²) >= 11 is 0. The number of hydrogen-bond donors (Lipinski definition) is 1. The molecule has 118 valence electrons. The van der Waals surface area contributed by atoms with Crippen LogP contribution in [0.1, 0.15) is 39.7 Å². The number of nitrogens with one attached hydrogen (secondary N) is 1. The Morgan fingerprint density at radius 3 is 2.57 bits per heavy atom. The summed E-state index contributed by atoms with van der Waals surface area (Å²) in [7, 11) is 1.62. The first-order valence-electron chi connectivity index (χ1n) is 7.43. The second kappa shape index (κ2) is 8.03. The smallest absolute Gasteiger partial charge is 0.230 e. The maximum Gasteiger partial charge on any atom is 0.230 e. The molecule has 0 atom stereocenters. The quantitative estimate of drug-likeness (QED) is 0.750. The second-order valence-electron chi connectivity index (χ2n) is 5.85. The summed E-state index contributed by atoms with van der Waals surface area (Å²) in [6, 6.07) is 7.63. The van der Waals surface area contributed by atoms with Gasteiger partial charge in [0.25, 0.3) is 0 Å². The minimum absolute atomic E-state index is 0.00320. The van der Waals surface area contributed by atoms with Gasteiger partial charge in [0.15, 0.2) is 0 Å². The summed E-state index contributed by atoms with van der Waals surface area (Å²) in [5.41, 5.74) is 0.259. The van der Waals surface area contributed by atoms with Gasteiger partial charge in [-0.3, -0.25) is 4.79 Å². The average Bonchev–Trinajstić information content (AvgIpc) is 2.46. The van der Waals surface area contributed by atoms with Gasteiger partial charge in [0.05, 0.1) is 18.6 Å². The van der Waals surface area contributed by atoms with Crippen LogP contribution in [0, 0.1) is 0 Å². The highest BCUT2D eigenvalue weighted by molar-refractivity contribution is 5.88. The zero-order valence-electron chi connectivity index (χ0n) is 13.7. The van der Waals surface area contributed by atoms with Crippen LogP contribution >= 0.6 is 0 Å². The van der Waals surface area contributed by atoms with Gasteiger partial charge in [-0.25, -0.2) is 0 Å². The number of methoxy groups -OCH3 is 1. The molecule has 1 aromatic rings. The molecule has 0 spiro atoms. The van der Waals surface area contributed by atoms with Gasteiger partial charge < -0.3 is 14.8 Å². The first-order chi connectivity index (χ1) is 9.89. The Hall–Kier alpha value is -1.55. The lowest BCUT2D eigenvalue weighted by molar-refractivity contribution is -0.125. The summed E-state index contributed by atoms with van der Waals surface area (Å²) < 4.78 is 10.8. The van der Waals surface area contributed by atoms with Crippen LogP contribution in [0.4, 0.5) is 0 Å². The van der Waals surface area contributed by atoms with Crippen molar-refractivity contribution in [2.45, 2.75) is 45.6 Å². The molecule has 4 nitrogen and oxygen atoms in total. The Kier molecular flexibility index (Phi) is 6.69. The number of ether oxygens (including phenoxy) is 2. The highest BCUT2D eigenvalue weighted by Crippen LogP contribution is 2.31. The summed E-state index contributed by atoms with van der Waals surface area (Å²) in [6.45, 7) is 9.10. The molecule has 1 aromatic carbocycles. The molecular weight excluding hydrogens is 266 g/mol. The van der Waals surface area contributed by atoms with Gasteiger partial charge in [-0.1, -0.05) is 18.2 Å².